The van der Waals surface area contributed by atoms with Crippen LogP contribution >= 0.6 is 0 Å². The van der Waals surface area contributed by atoms with Crippen LogP contribution in [-0.4, -0.2) is 25.2 Å². The first-order valence-electron chi connectivity index (χ1n) is 6.07. The van der Waals surface area contributed by atoms with Crippen LogP contribution in [0.4, 0.5) is 11.4 Å². The fourth-order valence-corrected chi connectivity index (χ4v) is 2.70. The second-order valence-corrected chi connectivity index (χ2v) is 4.91. The lowest BCUT2D eigenvalue weighted by Gasteiger charge is -2.35. The quantitative estimate of drug-likeness (QED) is 0.760. The first-order valence-corrected chi connectivity index (χ1v) is 6.07. The normalized spacial score (nSPS) is 19.9. The Balaban J connectivity index is 2.10. The summed E-state index contributed by atoms with van der Waals surface area (Å²) in [6.07, 6.45) is 3.86. The molecule has 0 bridgehead atoms. The Morgan fingerprint density at radius 3 is 2.88 bits per heavy atom. The Morgan fingerprint density at radius 2 is 2.19 bits per heavy atom. The summed E-state index contributed by atoms with van der Waals surface area (Å²) in [5.41, 5.74) is 3.72. The lowest BCUT2D eigenvalue weighted by atomic mass is 9.78. The van der Waals surface area contributed by atoms with E-state index in [4.69, 9.17) is 0 Å². The molecule has 0 spiro atoms. The predicted molar refractivity (Wildman–Crippen MR) is 66.5 cm³/mol. The number of rotatable bonds is 1. The number of phenols is 1. The molecule has 3 nitrogen and oxygen atoms in total. The molecule has 1 aromatic carbocycles. The molecule has 1 heterocycles. The van der Waals surface area contributed by atoms with E-state index in [2.05, 4.69) is 17.3 Å². The van der Waals surface area contributed by atoms with Gasteiger partial charge in [-0.15, -0.1) is 0 Å². The van der Waals surface area contributed by atoms with Crippen molar-refractivity contribution in [3.63, 3.8) is 0 Å². The molecule has 1 aromatic rings. The Kier molecular flexibility index (Phi) is 2.20. The topological polar surface area (TPSA) is 35.5 Å². The summed E-state index contributed by atoms with van der Waals surface area (Å²) in [5.74, 6) is 1.05. The van der Waals surface area contributed by atoms with E-state index in [9.17, 15) is 5.11 Å². The van der Waals surface area contributed by atoms with Crippen LogP contribution in [0.2, 0.25) is 0 Å². The molecule has 16 heavy (non-hydrogen) atoms. The van der Waals surface area contributed by atoms with Crippen LogP contribution in [0.15, 0.2) is 12.1 Å². The van der Waals surface area contributed by atoms with Crippen molar-refractivity contribution in [1.29, 1.82) is 0 Å². The minimum atomic E-state index is 0.392. The van der Waals surface area contributed by atoms with Crippen LogP contribution in [0.3, 0.4) is 0 Å². The minimum Gasteiger partial charge on any atom is -0.508 e. The number of likely N-dealkylation sites (N-methyl/N-ethyl adjacent to an activating group) is 1. The Bertz CT molecular complexity index is 413. The van der Waals surface area contributed by atoms with E-state index in [1.165, 1.54) is 30.5 Å². The average Bonchev–Trinajstić information content (AvgIpc) is 2.14. The average molecular weight is 218 g/mol. The van der Waals surface area contributed by atoms with Gasteiger partial charge in [0.15, 0.2) is 0 Å². The lowest BCUT2D eigenvalue weighted by molar-refractivity contribution is 0.415. The fraction of sp³-hybridized carbons (Fsp3) is 0.538. The van der Waals surface area contributed by atoms with Gasteiger partial charge < -0.3 is 15.3 Å². The third-order valence-electron chi connectivity index (χ3n) is 3.81. The van der Waals surface area contributed by atoms with Crippen LogP contribution in [0.5, 0.6) is 5.75 Å². The smallest absolute Gasteiger partial charge is 0.118 e. The molecule has 1 aliphatic carbocycles. The Hall–Kier alpha value is -1.38. The maximum atomic E-state index is 9.77. The third kappa shape index (κ3) is 1.42. The molecule has 0 saturated heterocycles. The van der Waals surface area contributed by atoms with Crippen LogP contribution in [-0.2, 0) is 0 Å². The summed E-state index contributed by atoms with van der Waals surface area (Å²) < 4.78 is 0. The standard InChI is InChI=1S/C13H18N2O/c1-15-6-5-14-12-8-10(16)7-11(13(12)15)9-3-2-4-9/h7-9,14,16H,2-6H2,1H3. The van der Waals surface area contributed by atoms with Crippen molar-refractivity contribution in [3.8, 4) is 5.75 Å². The molecule has 0 radical (unpaired) electrons. The van der Waals surface area contributed by atoms with Gasteiger partial charge in [0.05, 0.1) is 11.4 Å². The van der Waals surface area contributed by atoms with Gasteiger partial charge in [-0.2, -0.15) is 0 Å². The van der Waals surface area contributed by atoms with Crippen LogP contribution in [0.25, 0.3) is 0 Å². The molecule has 0 unspecified atom stereocenters. The first kappa shape index (κ1) is 9.82. The summed E-state index contributed by atoms with van der Waals surface area (Å²) in [4.78, 5) is 2.30. The Labute approximate surface area is 96.1 Å². The predicted octanol–water partition coefficient (Wildman–Crippen LogP) is 2.52. The molecule has 1 saturated carbocycles. The van der Waals surface area contributed by atoms with Gasteiger partial charge in [0.25, 0.3) is 0 Å². The van der Waals surface area contributed by atoms with Gasteiger partial charge in [0.1, 0.15) is 5.75 Å². The number of hydrogen-bond donors (Lipinski definition) is 2. The van der Waals surface area contributed by atoms with E-state index >= 15 is 0 Å². The summed E-state index contributed by atoms with van der Waals surface area (Å²) in [5, 5.41) is 13.1. The number of phenolic OH excluding ortho intramolecular Hbond substituents is 1. The highest BCUT2D eigenvalue weighted by Crippen LogP contribution is 2.46. The second kappa shape index (κ2) is 3.58. The minimum absolute atomic E-state index is 0.392. The van der Waals surface area contributed by atoms with Crippen molar-refractivity contribution in [2.45, 2.75) is 25.2 Å². The molecular formula is C13H18N2O. The van der Waals surface area contributed by atoms with Crippen molar-refractivity contribution in [1.82, 2.24) is 0 Å². The zero-order chi connectivity index (χ0) is 11.1. The molecule has 1 fully saturated rings. The number of nitrogens with zero attached hydrogens (tertiary/aromatic N) is 1. The summed E-state index contributed by atoms with van der Waals surface area (Å²) in [6.45, 7) is 1.99. The van der Waals surface area contributed by atoms with E-state index in [-0.39, 0.29) is 0 Å². The van der Waals surface area contributed by atoms with Gasteiger partial charge in [-0.3, -0.25) is 0 Å². The zero-order valence-electron chi connectivity index (χ0n) is 9.66. The molecule has 1 aliphatic heterocycles. The first-order chi connectivity index (χ1) is 7.75. The number of fused-ring (bicyclic) bond motifs is 1. The molecule has 3 rings (SSSR count). The second-order valence-electron chi connectivity index (χ2n) is 4.91. The van der Waals surface area contributed by atoms with Gasteiger partial charge in [0, 0.05) is 26.2 Å². The maximum absolute atomic E-state index is 9.77. The molecule has 2 aliphatic rings. The maximum Gasteiger partial charge on any atom is 0.118 e. The molecule has 0 atom stereocenters. The highest BCUT2D eigenvalue weighted by molar-refractivity contribution is 5.78. The molecule has 3 heteroatoms. The largest absolute Gasteiger partial charge is 0.508 e. The van der Waals surface area contributed by atoms with Gasteiger partial charge in [-0.05, 0) is 30.4 Å². The monoisotopic (exact) mass is 218 g/mol. The van der Waals surface area contributed by atoms with E-state index < -0.39 is 0 Å². The number of anilines is 2. The number of benzene rings is 1. The van der Waals surface area contributed by atoms with E-state index in [1.807, 2.05) is 12.1 Å². The van der Waals surface area contributed by atoms with Gasteiger partial charge in [0.2, 0.25) is 0 Å². The molecule has 0 amide bonds. The van der Waals surface area contributed by atoms with Gasteiger partial charge in [-0.25, -0.2) is 0 Å². The SMILES string of the molecule is CN1CCNc2cc(O)cc(C3CCC3)c21. The highest BCUT2D eigenvalue weighted by atomic mass is 16.3. The lowest BCUT2D eigenvalue weighted by Crippen LogP contribution is -2.32. The van der Waals surface area contributed by atoms with E-state index in [0.29, 0.717) is 11.7 Å². The van der Waals surface area contributed by atoms with Crippen molar-refractivity contribution in [3.05, 3.63) is 17.7 Å². The van der Waals surface area contributed by atoms with Crippen molar-refractivity contribution in [2.75, 3.05) is 30.4 Å². The van der Waals surface area contributed by atoms with Crippen LogP contribution in [0, 0.1) is 0 Å². The fourth-order valence-electron chi connectivity index (χ4n) is 2.70. The molecular weight excluding hydrogens is 200 g/mol. The summed E-state index contributed by atoms with van der Waals surface area (Å²) in [7, 11) is 2.14. The summed E-state index contributed by atoms with van der Waals surface area (Å²) >= 11 is 0. The molecule has 2 N–H and O–H groups in total. The third-order valence-corrected chi connectivity index (χ3v) is 3.81. The molecule has 0 aromatic heterocycles. The number of aromatic hydroxyl groups is 1. The van der Waals surface area contributed by atoms with Crippen molar-refractivity contribution >= 4 is 11.4 Å². The number of hydrogen-bond acceptors (Lipinski definition) is 3. The van der Waals surface area contributed by atoms with Crippen LogP contribution in [0.1, 0.15) is 30.7 Å². The van der Waals surface area contributed by atoms with Crippen molar-refractivity contribution in [2.24, 2.45) is 0 Å². The van der Waals surface area contributed by atoms with Gasteiger partial charge in [-0.1, -0.05) is 6.42 Å². The van der Waals surface area contributed by atoms with Gasteiger partial charge >= 0.3 is 0 Å². The number of nitrogens with one attached hydrogen (secondary N) is 1. The zero-order valence-corrected chi connectivity index (χ0v) is 9.66. The van der Waals surface area contributed by atoms with Crippen molar-refractivity contribution < 1.29 is 5.11 Å². The van der Waals surface area contributed by atoms with E-state index in [1.54, 1.807) is 0 Å². The summed E-state index contributed by atoms with van der Waals surface area (Å²) in [6, 6.07) is 3.79. The molecule has 86 valence electrons. The van der Waals surface area contributed by atoms with E-state index in [0.717, 1.165) is 18.8 Å². The highest BCUT2D eigenvalue weighted by Gasteiger charge is 2.27. The Morgan fingerprint density at radius 1 is 1.38 bits per heavy atom. The van der Waals surface area contributed by atoms with Crippen LogP contribution < -0.4 is 10.2 Å².